The lowest BCUT2D eigenvalue weighted by molar-refractivity contribution is -0.126. The molecule has 3 heteroatoms. The van der Waals surface area contributed by atoms with Crippen molar-refractivity contribution in [3.05, 3.63) is 11.3 Å². The third kappa shape index (κ3) is 1.77. The Bertz CT molecular complexity index is 341. The van der Waals surface area contributed by atoms with Gasteiger partial charge in [0.15, 0.2) is 12.1 Å². The first-order valence-corrected chi connectivity index (χ1v) is 6.03. The molecule has 1 fully saturated rings. The number of Topliss-reactive ketones (excluding diaryl/α,β-unsaturated/α-hetero) is 1. The Kier molecular flexibility index (Phi) is 2.82. The number of allylic oxidation sites excluding steroid dienone is 1. The Morgan fingerprint density at radius 2 is 2.12 bits per heavy atom. The lowest BCUT2D eigenvalue weighted by Gasteiger charge is -2.30. The zero-order chi connectivity index (χ0) is 11.9. The predicted octanol–water partition coefficient (Wildman–Crippen LogP) is 2.80. The van der Waals surface area contributed by atoms with Crippen LogP contribution in [0, 0.1) is 5.41 Å². The van der Waals surface area contributed by atoms with Crippen molar-refractivity contribution >= 4 is 5.78 Å². The Labute approximate surface area is 96.8 Å². The van der Waals surface area contributed by atoms with Gasteiger partial charge in [-0.3, -0.25) is 4.79 Å². The van der Waals surface area contributed by atoms with Gasteiger partial charge in [-0.05, 0) is 13.3 Å². The Hall–Kier alpha value is -0.830. The monoisotopic (exact) mass is 224 g/mol. The van der Waals surface area contributed by atoms with Crippen LogP contribution in [0.25, 0.3) is 0 Å². The highest BCUT2D eigenvalue weighted by molar-refractivity contribution is 6.00. The van der Waals surface area contributed by atoms with Crippen molar-refractivity contribution in [1.82, 2.24) is 0 Å². The summed E-state index contributed by atoms with van der Waals surface area (Å²) in [6, 6.07) is 0. The smallest absolute Gasteiger partial charge is 0.200 e. The fraction of sp³-hybridized carbons (Fsp3) is 0.769. The molecule has 0 N–H and O–H groups in total. The molecule has 0 aromatic rings. The normalized spacial score (nSPS) is 32.6. The second-order valence-corrected chi connectivity index (χ2v) is 5.37. The minimum absolute atomic E-state index is 0.00995. The highest BCUT2D eigenvalue weighted by Gasteiger charge is 2.45. The SMILES string of the molecule is CCC[C@@H]1OC2=C(C)C(=O)C(C)(C)C[C@@H]2O1. The summed E-state index contributed by atoms with van der Waals surface area (Å²) in [6.45, 7) is 7.91. The summed E-state index contributed by atoms with van der Waals surface area (Å²) >= 11 is 0. The maximum atomic E-state index is 12.1. The molecule has 0 aromatic heterocycles. The lowest BCUT2D eigenvalue weighted by atomic mass is 9.74. The number of hydrogen-bond acceptors (Lipinski definition) is 3. The van der Waals surface area contributed by atoms with E-state index in [-0.39, 0.29) is 23.6 Å². The van der Waals surface area contributed by atoms with Crippen molar-refractivity contribution < 1.29 is 14.3 Å². The molecular formula is C13H20O3. The highest BCUT2D eigenvalue weighted by Crippen LogP contribution is 2.42. The molecule has 0 bridgehead atoms. The number of rotatable bonds is 2. The van der Waals surface area contributed by atoms with Crippen LogP contribution in [0.4, 0.5) is 0 Å². The van der Waals surface area contributed by atoms with Crippen molar-refractivity contribution in [1.29, 1.82) is 0 Å². The second kappa shape index (κ2) is 3.88. The summed E-state index contributed by atoms with van der Waals surface area (Å²) in [5, 5.41) is 0. The fourth-order valence-electron chi connectivity index (χ4n) is 2.50. The maximum Gasteiger partial charge on any atom is 0.200 e. The van der Waals surface area contributed by atoms with E-state index in [4.69, 9.17) is 9.47 Å². The molecule has 2 aliphatic rings. The van der Waals surface area contributed by atoms with E-state index in [1.54, 1.807) is 0 Å². The third-order valence-corrected chi connectivity index (χ3v) is 3.41. The van der Waals surface area contributed by atoms with Crippen LogP contribution in [0.2, 0.25) is 0 Å². The molecule has 90 valence electrons. The van der Waals surface area contributed by atoms with Crippen LogP contribution in [-0.4, -0.2) is 18.2 Å². The van der Waals surface area contributed by atoms with Crippen LogP contribution < -0.4 is 0 Å². The van der Waals surface area contributed by atoms with Crippen LogP contribution in [0.1, 0.15) is 47.0 Å². The average Bonchev–Trinajstić information content (AvgIpc) is 2.57. The number of hydrogen-bond donors (Lipinski definition) is 0. The van der Waals surface area contributed by atoms with Gasteiger partial charge in [-0.15, -0.1) is 0 Å². The first-order chi connectivity index (χ1) is 7.45. The predicted molar refractivity (Wildman–Crippen MR) is 60.8 cm³/mol. The van der Waals surface area contributed by atoms with E-state index in [9.17, 15) is 4.79 Å². The quantitative estimate of drug-likeness (QED) is 0.723. The zero-order valence-corrected chi connectivity index (χ0v) is 10.5. The second-order valence-electron chi connectivity index (χ2n) is 5.37. The van der Waals surface area contributed by atoms with Crippen LogP contribution in [0.5, 0.6) is 0 Å². The van der Waals surface area contributed by atoms with E-state index < -0.39 is 0 Å². The molecular weight excluding hydrogens is 204 g/mol. The van der Waals surface area contributed by atoms with Gasteiger partial charge in [0.1, 0.15) is 11.9 Å². The summed E-state index contributed by atoms with van der Waals surface area (Å²) < 4.78 is 11.5. The summed E-state index contributed by atoms with van der Waals surface area (Å²) in [7, 11) is 0. The van der Waals surface area contributed by atoms with Crippen molar-refractivity contribution in [3.8, 4) is 0 Å². The molecule has 2 atom stereocenters. The molecule has 1 aliphatic carbocycles. The molecule has 0 saturated carbocycles. The van der Waals surface area contributed by atoms with Crippen molar-refractivity contribution in [3.63, 3.8) is 0 Å². The van der Waals surface area contributed by atoms with E-state index in [2.05, 4.69) is 6.92 Å². The van der Waals surface area contributed by atoms with Crippen LogP contribution in [-0.2, 0) is 14.3 Å². The third-order valence-electron chi connectivity index (χ3n) is 3.41. The summed E-state index contributed by atoms with van der Waals surface area (Å²) in [4.78, 5) is 12.1. The summed E-state index contributed by atoms with van der Waals surface area (Å²) in [6.07, 6.45) is 2.49. The van der Waals surface area contributed by atoms with Crippen LogP contribution >= 0.6 is 0 Å². The van der Waals surface area contributed by atoms with Crippen molar-refractivity contribution in [2.24, 2.45) is 5.41 Å². The van der Waals surface area contributed by atoms with Gasteiger partial charge in [-0.1, -0.05) is 27.2 Å². The molecule has 1 heterocycles. The minimum Gasteiger partial charge on any atom is -0.466 e. The van der Waals surface area contributed by atoms with Gasteiger partial charge in [0.25, 0.3) is 0 Å². The number of carbonyl (C=O) groups is 1. The summed E-state index contributed by atoms with van der Waals surface area (Å²) in [5.41, 5.74) is 0.433. The maximum absolute atomic E-state index is 12.1. The zero-order valence-electron chi connectivity index (χ0n) is 10.5. The van der Waals surface area contributed by atoms with E-state index in [1.807, 2.05) is 20.8 Å². The molecule has 0 spiro atoms. The topological polar surface area (TPSA) is 35.5 Å². The molecule has 2 rings (SSSR count). The first kappa shape index (κ1) is 11.6. The molecule has 16 heavy (non-hydrogen) atoms. The lowest BCUT2D eigenvalue weighted by Crippen LogP contribution is -2.36. The summed E-state index contributed by atoms with van der Waals surface area (Å²) in [5.74, 6) is 0.974. The number of ether oxygens (including phenoxy) is 2. The first-order valence-electron chi connectivity index (χ1n) is 6.03. The molecule has 0 unspecified atom stereocenters. The van der Waals surface area contributed by atoms with E-state index in [1.165, 1.54) is 0 Å². The van der Waals surface area contributed by atoms with Crippen molar-refractivity contribution in [2.45, 2.75) is 59.4 Å². The Morgan fingerprint density at radius 1 is 1.44 bits per heavy atom. The minimum atomic E-state index is -0.317. The standard InChI is InChI=1S/C13H20O3/c1-5-6-10-15-9-7-13(3,4)12(14)8(2)11(9)16-10/h9-10H,5-7H2,1-4H3/t9-,10-/m0/s1. The van der Waals surface area contributed by atoms with Gasteiger partial charge in [0.05, 0.1) is 0 Å². The molecule has 1 aliphatic heterocycles. The van der Waals surface area contributed by atoms with E-state index in [0.29, 0.717) is 0 Å². The van der Waals surface area contributed by atoms with Crippen molar-refractivity contribution in [2.75, 3.05) is 0 Å². The van der Waals surface area contributed by atoms with Gasteiger partial charge in [0, 0.05) is 17.4 Å². The van der Waals surface area contributed by atoms with Gasteiger partial charge in [0.2, 0.25) is 0 Å². The number of fused-ring (bicyclic) bond motifs is 1. The fourth-order valence-corrected chi connectivity index (χ4v) is 2.50. The number of carbonyl (C=O) groups excluding carboxylic acids is 1. The Morgan fingerprint density at radius 3 is 2.75 bits per heavy atom. The molecule has 0 amide bonds. The van der Waals surface area contributed by atoms with Gasteiger partial charge in [-0.25, -0.2) is 0 Å². The average molecular weight is 224 g/mol. The largest absolute Gasteiger partial charge is 0.466 e. The van der Waals surface area contributed by atoms with Gasteiger partial charge in [-0.2, -0.15) is 0 Å². The van der Waals surface area contributed by atoms with Gasteiger partial charge >= 0.3 is 0 Å². The van der Waals surface area contributed by atoms with E-state index >= 15 is 0 Å². The molecule has 0 radical (unpaired) electrons. The molecule has 0 aromatic carbocycles. The Balaban J connectivity index is 2.24. The number of ketones is 1. The molecule has 3 nitrogen and oxygen atoms in total. The van der Waals surface area contributed by atoms with Crippen LogP contribution in [0.15, 0.2) is 11.3 Å². The van der Waals surface area contributed by atoms with Gasteiger partial charge < -0.3 is 9.47 Å². The van der Waals surface area contributed by atoms with Crippen LogP contribution in [0.3, 0.4) is 0 Å². The highest BCUT2D eigenvalue weighted by atomic mass is 16.7. The van der Waals surface area contributed by atoms with E-state index in [0.717, 1.165) is 30.6 Å². The molecule has 1 saturated heterocycles.